The lowest BCUT2D eigenvalue weighted by Crippen LogP contribution is -2.13. The van der Waals surface area contributed by atoms with Gasteiger partial charge in [-0.25, -0.2) is 9.89 Å². The summed E-state index contributed by atoms with van der Waals surface area (Å²) in [6.45, 7) is 0. The molecule has 0 atom stereocenters. The maximum atomic E-state index is 11.8. The third kappa shape index (κ3) is 4.38. The Bertz CT molecular complexity index is 679. The second-order valence-electron chi connectivity index (χ2n) is 4.50. The average molecular weight is 307 g/mol. The fourth-order valence-corrected chi connectivity index (χ4v) is 2.56. The predicted octanol–water partition coefficient (Wildman–Crippen LogP) is 1.20. The Morgan fingerprint density at radius 2 is 2.33 bits per heavy atom. The number of nitrogens with zero attached hydrogens (tertiary/aromatic N) is 2. The Morgan fingerprint density at radius 3 is 3.00 bits per heavy atom. The number of hydrogen-bond donors (Lipinski definition) is 3. The number of carbonyl (C=O) groups excluding carboxylic acids is 1. The molecule has 7 nitrogen and oxygen atoms in total. The van der Waals surface area contributed by atoms with E-state index in [9.17, 15) is 9.59 Å². The quantitative estimate of drug-likeness (QED) is 0.422. The molecule has 21 heavy (non-hydrogen) atoms. The molecule has 0 unspecified atom stereocenters. The minimum absolute atomic E-state index is 0.0582. The second-order valence-corrected chi connectivity index (χ2v) is 5.56. The van der Waals surface area contributed by atoms with Gasteiger partial charge in [-0.05, 0) is 24.6 Å². The summed E-state index contributed by atoms with van der Waals surface area (Å²) in [5.41, 5.74) is 6.72. The van der Waals surface area contributed by atoms with Gasteiger partial charge < -0.3 is 11.1 Å². The van der Waals surface area contributed by atoms with Crippen LogP contribution >= 0.6 is 11.8 Å². The number of aromatic amines is 1. The van der Waals surface area contributed by atoms with Crippen LogP contribution in [0.5, 0.6) is 0 Å². The summed E-state index contributed by atoms with van der Waals surface area (Å²) in [5, 5.41) is 9.67. The predicted molar refractivity (Wildman–Crippen MR) is 83.3 cm³/mol. The molecule has 1 aromatic heterocycles. The van der Waals surface area contributed by atoms with Crippen molar-refractivity contribution in [3.8, 4) is 0 Å². The summed E-state index contributed by atoms with van der Waals surface area (Å²) < 4.78 is 1.44. The first-order valence-corrected chi connectivity index (χ1v) is 7.44. The highest BCUT2D eigenvalue weighted by molar-refractivity contribution is 7.99. The number of aromatic nitrogens is 3. The van der Waals surface area contributed by atoms with Gasteiger partial charge in [0.2, 0.25) is 5.91 Å². The van der Waals surface area contributed by atoms with Crippen molar-refractivity contribution >= 4 is 29.0 Å². The molecule has 0 saturated heterocycles. The van der Waals surface area contributed by atoms with Gasteiger partial charge in [-0.1, -0.05) is 17.8 Å². The third-order valence-electron chi connectivity index (χ3n) is 2.79. The molecule has 0 aliphatic heterocycles. The zero-order valence-electron chi connectivity index (χ0n) is 11.6. The number of amides is 1. The van der Waals surface area contributed by atoms with Gasteiger partial charge in [-0.15, -0.1) is 5.10 Å². The molecule has 1 amide bonds. The number of thioether (sulfide) groups is 1. The minimum Gasteiger partial charge on any atom is -0.399 e. The largest absolute Gasteiger partial charge is 0.399 e. The Kier molecular flexibility index (Phi) is 5.04. The first-order valence-electron chi connectivity index (χ1n) is 6.46. The third-order valence-corrected chi connectivity index (χ3v) is 3.90. The molecule has 8 heteroatoms. The summed E-state index contributed by atoms with van der Waals surface area (Å²) in [6.07, 6.45) is 1.10. The van der Waals surface area contributed by atoms with E-state index in [2.05, 4.69) is 15.5 Å². The lowest BCUT2D eigenvalue weighted by molar-refractivity contribution is -0.116. The summed E-state index contributed by atoms with van der Waals surface area (Å²) in [6, 6.07) is 7.06. The highest BCUT2D eigenvalue weighted by Gasteiger charge is 2.06. The average Bonchev–Trinajstić information content (AvgIpc) is 2.75. The van der Waals surface area contributed by atoms with Crippen LogP contribution in [0.25, 0.3) is 0 Å². The number of nitrogens with one attached hydrogen (secondary N) is 2. The molecule has 2 rings (SSSR count). The summed E-state index contributed by atoms with van der Waals surface area (Å²) in [4.78, 5) is 22.9. The van der Waals surface area contributed by atoms with Crippen LogP contribution in [0.4, 0.5) is 11.4 Å². The molecule has 0 fully saturated rings. The molecule has 0 saturated carbocycles. The summed E-state index contributed by atoms with van der Waals surface area (Å²) in [7, 11) is 1.65. The van der Waals surface area contributed by atoms with Crippen molar-refractivity contribution in [2.24, 2.45) is 7.05 Å². The van der Waals surface area contributed by atoms with Crippen molar-refractivity contribution in [3.63, 3.8) is 0 Å². The number of anilines is 2. The zero-order chi connectivity index (χ0) is 15.2. The van der Waals surface area contributed by atoms with Crippen molar-refractivity contribution in [2.75, 3.05) is 16.8 Å². The smallest absolute Gasteiger partial charge is 0.343 e. The first kappa shape index (κ1) is 15.2. The molecule has 0 radical (unpaired) electrons. The molecule has 112 valence electrons. The summed E-state index contributed by atoms with van der Waals surface area (Å²) in [5.74, 6) is 0.653. The van der Waals surface area contributed by atoms with Crippen molar-refractivity contribution in [2.45, 2.75) is 18.0 Å². The second kappa shape index (κ2) is 6.98. The summed E-state index contributed by atoms with van der Waals surface area (Å²) >= 11 is 1.44. The van der Waals surface area contributed by atoms with Gasteiger partial charge in [0.15, 0.2) is 5.16 Å². The lowest BCUT2D eigenvalue weighted by atomic mass is 10.2. The van der Waals surface area contributed by atoms with Gasteiger partial charge in [0.05, 0.1) is 0 Å². The number of nitrogens with two attached hydrogens (primary N) is 1. The number of hydrogen-bond acceptors (Lipinski definition) is 5. The van der Waals surface area contributed by atoms with Crippen LogP contribution in [0, 0.1) is 0 Å². The standard InChI is InChI=1S/C13H17N5O2S/c1-18-12(20)16-17-13(18)21-7-3-6-11(19)15-10-5-2-4-9(14)8-10/h2,4-5,8H,3,6-7,14H2,1H3,(H,15,19)(H,16,20). The SMILES string of the molecule is Cn1c(SCCCC(=O)Nc2cccc(N)c2)n[nH]c1=O. The van der Waals surface area contributed by atoms with Crippen LogP contribution in [-0.2, 0) is 11.8 Å². The Balaban J connectivity index is 1.72. The van der Waals surface area contributed by atoms with E-state index >= 15 is 0 Å². The number of carbonyl (C=O) groups is 1. The van der Waals surface area contributed by atoms with Gasteiger partial charge in [-0.3, -0.25) is 9.36 Å². The number of H-pyrrole nitrogens is 1. The molecule has 4 N–H and O–H groups in total. The van der Waals surface area contributed by atoms with Crippen molar-refractivity contribution in [3.05, 3.63) is 34.7 Å². The van der Waals surface area contributed by atoms with Crippen molar-refractivity contribution in [1.29, 1.82) is 0 Å². The Morgan fingerprint density at radius 1 is 1.52 bits per heavy atom. The van der Waals surface area contributed by atoms with E-state index in [0.717, 1.165) is 0 Å². The number of benzene rings is 1. The maximum Gasteiger partial charge on any atom is 0.343 e. The topological polar surface area (TPSA) is 106 Å². The fraction of sp³-hybridized carbons (Fsp3) is 0.308. The highest BCUT2D eigenvalue weighted by Crippen LogP contribution is 2.15. The molecule has 1 heterocycles. The van der Waals surface area contributed by atoms with Crippen molar-refractivity contribution in [1.82, 2.24) is 14.8 Å². The van der Waals surface area contributed by atoms with E-state index in [4.69, 9.17) is 5.73 Å². The minimum atomic E-state index is -0.239. The van der Waals surface area contributed by atoms with E-state index in [1.54, 1.807) is 31.3 Å². The van der Waals surface area contributed by atoms with Gasteiger partial charge in [0.25, 0.3) is 0 Å². The van der Waals surface area contributed by atoms with Gasteiger partial charge in [0, 0.05) is 30.6 Å². The zero-order valence-corrected chi connectivity index (χ0v) is 12.4. The molecule has 0 aliphatic rings. The molecule has 1 aromatic carbocycles. The number of nitrogen functional groups attached to an aromatic ring is 1. The first-order chi connectivity index (χ1) is 10.1. The van der Waals surface area contributed by atoms with E-state index in [1.807, 2.05) is 0 Å². The van der Waals surface area contributed by atoms with E-state index in [0.29, 0.717) is 35.1 Å². The van der Waals surface area contributed by atoms with Crippen LogP contribution in [0.3, 0.4) is 0 Å². The monoisotopic (exact) mass is 307 g/mol. The van der Waals surface area contributed by atoms with Crippen LogP contribution < -0.4 is 16.7 Å². The van der Waals surface area contributed by atoms with E-state index < -0.39 is 0 Å². The molecule has 0 spiro atoms. The van der Waals surface area contributed by atoms with Gasteiger partial charge in [-0.2, -0.15) is 0 Å². The van der Waals surface area contributed by atoms with Gasteiger partial charge >= 0.3 is 5.69 Å². The fourth-order valence-electron chi connectivity index (χ4n) is 1.70. The maximum absolute atomic E-state index is 11.8. The van der Waals surface area contributed by atoms with Crippen LogP contribution in [0.1, 0.15) is 12.8 Å². The molecular weight excluding hydrogens is 290 g/mol. The van der Waals surface area contributed by atoms with Gasteiger partial charge in [0.1, 0.15) is 0 Å². The normalized spacial score (nSPS) is 10.5. The Hall–Kier alpha value is -2.22. The number of rotatable bonds is 6. The Labute approximate surface area is 125 Å². The molecule has 0 bridgehead atoms. The van der Waals surface area contributed by atoms with Crippen molar-refractivity contribution < 1.29 is 4.79 Å². The lowest BCUT2D eigenvalue weighted by Gasteiger charge is -2.05. The van der Waals surface area contributed by atoms with Crippen LogP contribution in [0.2, 0.25) is 0 Å². The van der Waals surface area contributed by atoms with E-state index in [1.165, 1.54) is 16.3 Å². The van der Waals surface area contributed by atoms with Crippen LogP contribution in [-0.4, -0.2) is 26.4 Å². The van der Waals surface area contributed by atoms with Crippen LogP contribution in [0.15, 0.2) is 34.2 Å². The molecular formula is C13H17N5O2S. The molecule has 2 aromatic rings. The van der Waals surface area contributed by atoms with E-state index in [-0.39, 0.29) is 11.6 Å². The highest BCUT2D eigenvalue weighted by atomic mass is 32.2. The molecule has 0 aliphatic carbocycles.